The zero-order valence-electron chi connectivity index (χ0n) is 14.2. The number of amides is 1. The third-order valence-electron chi connectivity index (χ3n) is 3.80. The SMILES string of the molecule is CCCCN(C)c1ccnc(C(=O)NCc2cccc(C)c2)c1. The molecule has 1 amide bonds. The molecule has 0 saturated carbocycles. The first kappa shape index (κ1) is 17.0. The van der Waals surface area contributed by atoms with Crippen LogP contribution in [-0.2, 0) is 6.54 Å². The zero-order chi connectivity index (χ0) is 16.7. The van der Waals surface area contributed by atoms with E-state index in [-0.39, 0.29) is 5.91 Å². The summed E-state index contributed by atoms with van der Waals surface area (Å²) in [6.45, 7) is 5.70. The highest BCUT2D eigenvalue weighted by molar-refractivity contribution is 5.93. The lowest BCUT2D eigenvalue weighted by Gasteiger charge is -2.19. The number of unbranched alkanes of at least 4 members (excludes halogenated alkanes) is 1. The lowest BCUT2D eigenvalue weighted by Crippen LogP contribution is -2.25. The number of carbonyl (C=O) groups excluding carboxylic acids is 1. The molecule has 1 aromatic carbocycles. The van der Waals surface area contributed by atoms with Crippen molar-refractivity contribution in [1.29, 1.82) is 0 Å². The van der Waals surface area contributed by atoms with Gasteiger partial charge in [0, 0.05) is 32.0 Å². The van der Waals surface area contributed by atoms with Crippen LogP contribution < -0.4 is 10.2 Å². The van der Waals surface area contributed by atoms with Gasteiger partial charge >= 0.3 is 0 Å². The van der Waals surface area contributed by atoms with Gasteiger partial charge < -0.3 is 10.2 Å². The molecule has 122 valence electrons. The molecule has 2 aromatic rings. The van der Waals surface area contributed by atoms with Gasteiger partial charge in [-0.3, -0.25) is 9.78 Å². The number of nitrogens with zero attached hydrogens (tertiary/aromatic N) is 2. The van der Waals surface area contributed by atoms with Gasteiger partial charge in [-0.2, -0.15) is 0 Å². The van der Waals surface area contributed by atoms with Crippen molar-refractivity contribution in [3.63, 3.8) is 0 Å². The van der Waals surface area contributed by atoms with Gasteiger partial charge in [0.1, 0.15) is 5.69 Å². The summed E-state index contributed by atoms with van der Waals surface area (Å²) in [5.74, 6) is -0.141. The number of rotatable bonds is 7. The molecule has 2 rings (SSSR count). The third-order valence-corrected chi connectivity index (χ3v) is 3.80. The Balaban J connectivity index is 1.99. The Morgan fingerprint density at radius 3 is 2.83 bits per heavy atom. The van der Waals surface area contributed by atoms with Gasteiger partial charge in [-0.05, 0) is 31.0 Å². The molecule has 0 atom stereocenters. The second-order valence-electron chi connectivity index (χ2n) is 5.85. The normalized spacial score (nSPS) is 10.4. The van der Waals surface area contributed by atoms with Crippen molar-refractivity contribution in [2.45, 2.75) is 33.2 Å². The van der Waals surface area contributed by atoms with Crippen molar-refractivity contribution in [1.82, 2.24) is 10.3 Å². The first-order chi connectivity index (χ1) is 11.1. The number of carbonyl (C=O) groups is 1. The van der Waals surface area contributed by atoms with Crippen molar-refractivity contribution >= 4 is 11.6 Å². The van der Waals surface area contributed by atoms with Gasteiger partial charge in [0.15, 0.2) is 0 Å². The van der Waals surface area contributed by atoms with E-state index in [9.17, 15) is 4.79 Å². The minimum absolute atomic E-state index is 0.141. The van der Waals surface area contributed by atoms with E-state index in [4.69, 9.17) is 0 Å². The van der Waals surface area contributed by atoms with Gasteiger partial charge in [0.25, 0.3) is 5.91 Å². The maximum atomic E-state index is 12.3. The van der Waals surface area contributed by atoms with Gasteiger partial charge in [-0.1, -0.05) is 43.2 Å². The summed E-state index contributed by atoms with van der Waals surface area (Å²) in [5.41, 5.74) is 3.76. The van der Waals surface area contributed by atoms with Crippen molar-refractivity contribution in [3.8, 4) is 0 Å². The highest BCUT2D eigenvalue weighted by Gasteiger charge is 2.09. The molecule has 1 aromatic heterocycles. The van der Waals surface area contributed by atoms with Crippen LogP contribution >= 0.6 is 0 Å². The van der Waals surface area contributed by atoms with Crippen LogP contribution in [0.4, 0.5) is 5.69 Å². The minimum Gasteiger partial charge on any atom is -0.374 e. The number of aromatic nitrogens is 1. The van der Waals surface area contributed by atoms with Crippen molar-refractivity contribution in [3.05, 3.63) is 59.4 Å². The molecule has 23 heavy (non-hydrogen) atoms. The van der Waals surface area contributed by atoms with Gasteiger partial charge in [0.2, 0.25) is 0 Å². The Morgan fingerprint density at radius 2 is 2.09 bits per heavy atom. The van der Waals surface area contributed by atoms with Crippen molar-refractivity contribution < 1.29 is 4.79 Å². The Hall–Kier alpha value is -2.36. The van der Waals surface area contributed by atoms with Crippen LogP contribution in [0.25, 0.3) is 0 Å². The van der Waals surface area contributed by atoms with Crippen LogP contribution in [0.5, 0.6) is 0 Å². The van der Waals surface area contributed by atoms with Crippen LogP contribution in [0.15, 0.2) is 42.6 Å². The van der Waals surface area contributed by atoms with E-state index >= 15 is 0 Å². The highest BCUT2D eigenvalue weighted by atomic mass is 16.1. The molecule has 0 aliphatic carbocycles. The molecule has 1 N–H and O–H groups in total. The number of hydrogen-bond acceptors (Lipinski definition) is 3. The average Bonchev–Trinajstić information content (AvgIpc) is 2.57. The predicted molar refractivity (Wildman–Crippen MR) is 94.8 cm³/mol. The summed E-state index contributed by atoms with van der Waals surface area (Å²) in [7, 11) is 2.04. The Bertz CT molecular complexity index is 655. The summed E-state index contributed by atoms with van der Waals surface area (Å²) in [6.07, 6.45) is 3.98. The Labute approximate surface area is 138 Å². The largest absolute Gasteiger partial charge is 0.374 e. The maximum Gasteiger partial charge on any atom is 0.270 e. The zero-order valence-corrected chi connectivity index (χ0v) is 14.2. The molecule has 0 fully saturated rings. The van der Waals surface area contributed by atoms with Crippen LogP contribution in [0.3, 0.4) is 0 Å². The monoisotopic (exact) mass is 311 g/mol. The van der Waals surface area contributed by atoms with E-state index < -0.39 is 0 Å². The lowest BCUT2D eigenvalue weighted by atomic mass is 10.1. The molecule has 0 bridgehead atoms. The highest BCUT2D eigenvalue weighted by Crippen LogP contribution is 2.14. The van der Waals surface area contributed by atoms with E-state index in [1.807, 2.05) is 44.3 Å². The van der Waals surface area contributed by atoms with E-state index in [1.165, 1.54) is 5.56 Å². The van der Waals surface area contributed by atoms with Gasteiger partial charge in [0.05, 0.1) is 0 Å². The maximum absolute atomic E-state index is 12.3. The number of pyridine rings is 1. The summed E-state index contributed by atoms with van der Waals surface area (Å²) >= 11 is 0. The summed E-state index contributed by atoms with van der Waals surface area (Å²) < 4.78 is 0. The smallest absolute Gasteiger partial charge is 0.270 e. The number of hydrogen-bond donors (Lipinski definition) is 1. The minimum atomic E-state index is -0.141. The van der Waals surface area contributed by atoms with Crippen LogP contribution in [0.1, 0.15) is 41.4 Å². The molecule has 1 heterocycles. The number of benzene rings is 1. The molecule has 4 heteroatoms. The van der Waals surface area contributed by atoms with Crippen LogP contribution in [0, 0.1) is 6.92 Å². The number of nitrogens with one attached hydrogen (secondary N) is 1. The molecule has 0 radical (unpaired) electrons. The Kier molecular flexibility index (Phi) is 6.15. The first-order valence-electron chi connectivity index (χ1n) is 8.11. The van der Waals surface area contributed by atoms with Crippen LogP contribution in [0.2, 0.25) is 0 Å². The van der Waals surface area contributed by atoms with E-state index in [0.29, 0.717) is 12.2 Å². The van der Waals surface area contributed by atoms with Gasteiger partial charge in [-0.25, -0.2) is 0 Å². The topological polar surface area (TPSA) is 45.2 Å². The molecule has 0 aliphatic rings. The second-order valence-corrected chi connectivity index (χ2v) is 5.85. The summed E-state index contributed by atoms with van der Waals surface area (Å²) in [4.78, 5) is 18.6. The standard InChI is InChI=1S/C19H25N3O/c1-4-5-11-22(3)17-9-10-20-18(13-17)19(23)21-14-16-8-6-7-15(2)12-16/h6-10,12-13H,4-5,11,14H2,1-3H3,(H,21,23). The van der Waals surface area contributed by atoms with E-state index in [1.54, 1.807) is 6.20 Å². The first-order valence-corrected chi connectivity index (χ1v) is 8.11. The van der Waals surface area contributed by atoms with E-state index in [2.05, 4.69) is 28.2 Å². The van der Waals surface area contributed by atoms with Crippen molar-refractivity contribution in [2.75, 3.05) is 18.5 Å². The molecule has 0 unspecified atom stereocenters. The second kappa shape index (κ2) is 8.32. The lowest BCUT2D eigenvalue weighted by molar-refractivity contribution is 0.0946. The molecule has 0 spiro atoms. The molecular formula is C19H25N3O. The fourth-order valence-electron chi connectivity index (χ4n) is 2.40. The fourth-order valence-corrected chi connectivity index (χ4v) is 2.40. The molecule has 0 saturated heterocycles. The molecular weight excluding hydrogens is 286 g/mol. The van der Waals surface area contributed by atoms with Crippen molar-refractivity contribution in [2.24, 2.45) is 0 Å². The number of aryl methyl sites for hydroxylation is 1. The third kappa shape index (κ3) is 5.09. The fraction of sp³-hybridized carbons (Fsp3) is 0.368. The number of anilines is 1. The quantitative estimate of drug-likeness (QED) is 0.850. The molecule has 0 aliphatic heterocycles. The summed E-state index contributed by atoms with van der Waals surface area (Å²) in [6, 6.07) is 11.9. The van der Waals surface area contributed by atoms with Gasteiger partial charge in [-0.15, -0.1) is 0 Å². The predicted octanol–water partition coefficient (Wildman–Crippen LogP) is 3.56. The van der Waals surface area contributed by atoms with Crippen LogP contribution in [-0.4, -0.2) is 24.5 Å². The molecule has 4 nitrogen and oxygen atoms in total. The van der Waals surface area contributed by atoms with E-state index in [0.717, 1.165) is 30.6 Å². The average molecular weight is 311 g/mol. The Morgan fingerprint density at radius 1 is 1.26 bits per heavy atom. The summed E-state index contributed by atoms with van der Waals surface area (Å²) in [5, 5.41) is 2.93.